The Bertz CT molecular complexity index is 2290. The number of nitrogens with zero attached hydrogens (tertiary/aromatic N) is 6. The summed E-state index contributed by atoms with van der Waals surface area (Å²) in [5.41, 5.74) is 8.08. The number of aromatic amines is 2. The number of likely N-dealkylation sites (tertiary alicyclic amines) is 2. The molecule has 4 atom stereocenters. The first kappa shape index (κ1) is 39.3. The highest BCUT2D eigenvalue weighted by Crippen LogP contribution is 2.38. The molecule has 0 saturated carbocycles. The van der Waals surface area contributed by atoms with Crippen LogP contribution in [0.4, 0.5) is 0 Å². The van der Waals surface area contributed by atoms with Gasteiger partial charge < -0.3 is 19.8 Å². The van der Waals surface area contributed by atoms with E-state index in [-0.39, 0.29) is 36.0 Å². The smallest absolute Gasteiger partial charge is 0.245 e. The first-order valence-corrected chi connectivity index (χ1v) is 21.3. The number of imidazole rings is 2. The molecule has 10 nitrogen and oxygen atoms in total. The molecule has 0 unspecified atom stereocenters. The molecule has 2 aliphatic rings. The molecule has 4 aromatic carbocycles. The Morgan fingerprint density at radius 2 is 1.14 bits per heavy atom. The predicted molar refractivity (Wildman–Crippen MR) is 231 cm³/mol. The van der Waals surface area contributed by atoms with E-state index < -0.39 is 0 Å². The van der Waals surface area contributed by atoms with Crippen molar-refractivity contribution in [3.8, 4) is 22.4 Å². The number of amides is 2. The third-order valence-corrected chi connectivity index (χ3v) is 12.4. The number of nitrogens with one attached hydrogen (secondary N) is 2. The highest BCUT2D eigenvalue weighted by Gasteiger charge is 2.39. The Labute approximate surface area is 342 Å². The summed E-state index contributed by atoms with van der Waals surface area (Å²) in [4.78, 5) is 54.2. The second-order valence-corrected chi connectivity index (χ2v) is 15.6. The molecule has 300 valence electrons. The minimum absolute atomic E-state index is 0.0876. The van der Waals surface area contributed by atoms with Crippen molar-refractivity contribution in [1.82, 2.24) is 39.5 Å². The van der Waals surface area contributed by atoms with Gasteiger partial charge in [-0.1, -0.05) is 119 Å². The molecule has 6 aromatic rings. The Morgan fingerprint density at radius 3 is 1.67 bits per heavy atom. The first-order chi connectivity index (χ1) is 28.4. The van der Waals surface area contributed by atoms with Gasteiger partial charge in [0.05, 0.1) is 35.0 Å². The van der Waals surface area contributed by atoms with Gasteiger partial charge in [-0.05, 0) is 91.8 Å². The first-order valence-electron chi connectivity index (χ1n) is 21.3. The van der Waals surface area contributed by atoms with Gasteiger partial charge in [-0.15, -0.1) is 0 Å². The van der Waals surface area contributed by atoms with E-state index in [2.05, 4.69) is 114 Å². The zero-order valence-electron chi connectivity index (χ0n) is 34.3. The number of carbonyl (C=O) groups excluding carboxylic acids is 2. The second-order valence-electron chi connectivity index (χ2n) is 15.6. The molecule has 2 N–H and O–H groups in total. The van der Waals surface area contributed by atoms with E-state index in [1.54, 1.807) is 0 Å². The number of H-pyrrole nitrogens is 2. The van der Waals surface area contributed by atoms with Crippen LogP contribution >= 0.6 is 0 Å². The van der Waals surface area contributed by atoms with Crippen molar-refractivity contribution in [2.45, 2.75) is 77.5 Å². The quantitative estimate of drug-likeness (QED) is 0.114. The molecule has 4 heterocycles. The fourth-order valence-corrected chi connectivity index (χ4v) is 9.27. The zero-order chi connectivity index (χ0) is 40.2. The lowest BCUT2D eigenvalue weighted by molar-refractivity contribution is -0.139. The summed E-state index contributed by atoms with van der Waals surface area (Å²) in [5, 5.41) is 0. The number of carbonyl (C=O) groups is 2. The minimum Gasteiger partial charge on any atom is -0.340 e. The van der Waals surface area contributed by atoms with Crippen molar-refractivity contribution in [3.63, 3.8) is 0 Å². The number of aromatic nitrogens is 4. The number of fused-ring (bicyclic) bond motifs is 1. The molecule has 0 radical (unpaired) electrons. The zero-order valence-corrected chi connectivity index (χ0v) is 34.3. The van der Waals surface area contributed by atoms with Crippen molar-refractivity contribution in [1.29, 1.82) is 0 Å². The van der Waals surface area contributed by atoms with Gasteiger partial charge in [-0.2, -0.15) is 0 Å². The molecule has 58 heavy (non-hydrogen) atoms. The van der Waals surface area contributed by atoms with Crippen LogP contribution in [0, 0.1) is 0 Å². The topological polar surface area (TPSA) is 104 Å². The van der Waals surface area contributed by atoms with Crippen LogP contribution in [-0.2, 0) is 9.59 Å². The van der Waals surface area contributed by atoms with Crippen LogP contribution in [0.5, 0.6) is 0 Å². The van der Waals surface area contributed by atoms with Crippen molar-refractivity contribution in [3.05, 3.63) is 132 Å². The van der Waals surface area contributed by atoms with E-state index in [0.717, 1.165) is 121 Å². The monoisotopic (exact) mass is 776 g/mol. The molecule has 0 bridgehead atoms. The van der Waals surface area contributed by atoms with Crippen LogP contribution in [0.2, 0.25) is 0 Å². The molecule has 2 aromatic heterocycles. The Balaban J connectivity index is 0.981. The van der Waals surface area contributed by atoms with Gasteiger partial charge in [-0.25, -0.2) is 9.97 Å². The molecule has 0 aliphatic carbocycles. The lowest BCUT2D eigenvalue weighted by Crippen LogP contribution is -2.43. The van der Waals surface area contributed by atoms with E-state index in [0.29, 0.717) is 0 Å². The number of rotatable bonds is 14. The van der Waals surface area contributed by atoms with Crippen LogP contribution in [0.1, 0.15) is 100 Å². The summed E-state index contributed by atoms with van der Waals surface area (Å²) in [5.74, 6) is 1.97. The van der Waals surface area contributed by atoms with Gasteiger partial charge in [0.2, 0.25) is 11.8 Å². The maximum absolute atomic E-state index is 14.3. The summed E-state index contributed by atoms with van der Waals surface area (Å²) in [6.07, 6.45) is 5.56. The lowest BCUT2D eigenvalue weighted by atomic mass is 10.0. The lowest BCUT2D eigenvalue weighted by Gasteiger charge is -2.34. The second kappa shape index (κ2) is 17.5. The fourth-order valence-electron chi connectivity index (χ4n) is 9.27. The molecular formula is C48H56N8O2. The van der Waals surface area contributed by atoms with E-state index in [9.17, 15) is 9.59 Å². The van der Waals surface area contributed by atoms with Crippen molar-refractivity contribution >= 4 is 22.8 Å². The molecular weight excluding hydrogens is 721 g/mol. The van der Waals surface area contributed by atoms with Gasteiger partial charge >= 0.3 is 0 Å². The maximum Gasteiger partial charge on any atom is 0.245 e. The summed E-state index contributed by atoms with van der Waals surface area (Å²) in [7, 11) is 0. The average Bonchev–Trinajstić information content (AvgIpc) is 4.11. The third-order valence-electron chi connectivity index (χ3n) is 12.4. The normalized spacial score (nSPS) is 18.1. The minimum atomic E-state index is -0.319. The summed E-state index contributed by atoms with van der Waals surface area (Å²) in [6, 6.07) is 34.4. The van der Waals surface area contributed by atoms with Crippen molar-refractivity contribution < 1.29 is 9.59 Å². The number of benzene rings is 4. The van der Waals surface area contributed by atoms with Crippen LogP contribution < -0.4 is 0 Å². The summed E-state index contributed by atoms with van der Waals surface area (Å²) < 4.78 is 0. The van der Waals surface area contributed by atoms with Crippen LogP contribution in [0.25, 0.3) is 33.4 Å². The Morgan fingerprint density at radius 1 is 0.638 bits per heavy atom. The van der Waals surface area contributed by atoms with Gasteiger partial charge in [0.15, 0.2) is 0 Å². The van der Waals surface area contributed by atoms with E-state index in [4.69, 9.17) is 9.97 Å². The molecule has 10 heteroatoms. The summed E-state index contributed by atoms with van der Waals surface area (Å²) in [6.45, 7) is 13.1. The van der Waals surface area contributed by atoms with Crippen LogP contribution in [0.15, 0.2) is 109 Å². The van der Waals surface area contributed by atoms with E-state index in [1.807, 2.05) is 52.4 Å². The Hall–Kier alpha value is -5.58. The van der Waals surface area contributed by atoms with Gasteiger partial charge in [0.1, 0.15) is 23.7 Å². The van der Waals surface area contributed by atoms with Gasteiger partial charge in [0.25, 0.3) is 0 Å². The van der Waals surface area contributed by atoms with Crippen molar-refractivity contribution in [2.75, 3.05) is 39.3 Å². The fraction of sp³-hybridized carbons (Fsp3) is 0.375. The van der Waals surface area contributed by atoms with Crippen LogP contribution in [-0.4, -0.2) is 90.6 Å². The maximum atomic E-state index is 14.3. The molecule has 2 aliphatic heterocycles. The number of hydrogen-bond donors (Lipinski definition) is 2. The van der Waals surface area contributed by atoms with Gasteiger partial charge in [-0.3, -0.25) is 19.4 Å². The third kappa shape index (κ3) is 7.71. The van der Waals surface area contributed by atoms with E-state index in [1.165, 1.54) is 0 Å². The molecule has 2 amide bonds. The standard InChI is InChI=1S/C48H56N8O2/c1-5-53(6-2)43(35-17-11-9-12-18-35)47(57)55-29-15-21-41(55)45-49-32-40(52-45)34-25-23-33(24-26-34)37-27-28-38-39(31-37)51-46(50-38)42-22-16-30-56(42)48(58)44(54(7-3)8-4)36-19-13-10-14-20-36/h9-14,17-20,23-28,31-32,41-44H,5-8,15-16,21-22,29-30H2,1-4H3,(H,49,52)(H,50,51)/t41-,42-,43+,44+/m0/s1. The highest BCUT2D eigenvalue weighted by atomic mass is 16.2. The summed E-state index contributed by atoms with van der Waals surface area (Å²) >= 11 is 0. The van der Waals surface area contributed by atoms with E-state index >= 15 is 0 Å². The largest absolute Gasteiger partial charge is 0.340 e. The van der Waals surface area contributed by atoms with Crippen LogP contribution in [0.3, 0.4) is 0 Å². The predicted octanol–water partition coefficient (Wildman–Crippen LogP) is 9.11. The van der Waals surface area contributed by atoms with Gasteiger partial charge in [0, 0.05) is 13.1 Å². The highest BCUT2D eigenvalue weighted by molar-refractivity contribution is 5.86. The number of hydrogen-bond acceptors (Lipinski definition) is 6. The SMILES string of the molecule is CCN(CC)[C@@H](C(=O)N1CCC[C@H]1c1ncc(-c2ccc(-c3ccc4nc([C@@H]5CCCN5C(=O)[C@@H](c5ccccc5)N(CC)CC)[nH]c4c3)cc2)[nH]1)c1ccccc1. The van der Waals surface area contributed by atoms with Crippen molar-refractivity contribution in [2.24, 2.45) is 0 Å². The Kier molecular flexibility index (Phi) is 11.8. The number of likely N-dealkylation sites (N-methyl/N-ethyl adjacent to an activating group) is 2. The molecule has 2 saturated heterocycles. The molecule has 2 fully saturated rings. The molecule has 8 rings (SSSR count). The molecule has 0 spiro atoms. The average molecular weight is 777 g/mol.